The number of hydrogen-bond donors (Lipinski definition) is 1. The highest BCUT2D eigenvalue weighted by molar-refractivity contribution is 5.82. The van der Waals surface area contributed by atoms with E-state index in [4.69, 9.17) is 0 Å². The number of benzene rings is 1. The van der Waals surface area contributed by atoms with E-state index in [0.717, 1.165) is 37.1 Å². The molecular weight excluding hydrogens is 250 g/mol. The van der Waals surface area contributed by atoms with Gasteiger partial charge in [0.05, 0.1) is 5.52 Å². The van der Waals surface area contributed by atoms with E-state index >= 15 is 0 Å². The number of nitrogens with zero attached hydrogens (tertiary/aromatic N) is 2. The first-order chi connectivity index (χ1) is 9.76. The summed E-state index contributed by atoms with van der Waals surface area (Å²) >= 11 is 0. The summed E-state index contributed by atoms with van der Waals surface area (Å²) in [5.41, 5.74) is 2.09. The summed E-state index contributed by atoms with van der Waals surface area (Å²) in [6, 6.07) is 9.77. The molecule has 2 heterocycles. The Hall–Kier alpha value is -1.81. The minimum Gasteiger partial charge on any atom is -0.369 e. The van der Waals surface area contributed by atoms with Gasteiger partial charge in [-0.05, 0) is 36.6 Å². The fourth-order valence-corrected chi connectivity index (χ4v) is 2.88. The fourth-order valence-electron chi connectivity index (χ4n) is 2.88. The first-order valence-corrected chi connectivity index (χ1v) is 7.36. The molecule has 3 rings (SSSR count). The van der Waals surface area contributed by atoms with Crippen LogP contribution in [0.2, 0.25) is 0 Å². The number of hydrogen-bond acceptors (Lipinski definition) is 3. The molecule has 4 nitrogen and oxygen atoms in total. The molecule has 0 atom stereocenters. The maximum absolute atomic E-state index is 11.4. The van der Waals surface area contributed by atoms with Crippen molar-refractivity contribution in [2.75, 3.05) is 37.6 Å². The SMILES string of the molecule is CCCN1CCN(c2ccc3ccc(=O)[nH]c3c2)CC1. The van der Waals surface area contributed by atoms with Crippen molar-refractivity contribution in [1.82, 2.24) is 9.88 Å². The van der Waals surface area contributed by atoms with Gasteiger partial charge >= 0.3 is 0 Å². The van der Waals surface area contributed by atoms with Gasteiger partial charge in [-0.3, -0.25) is 9.69 Å². The number of rotatable bonds is 3. The fraction of sp³-hybridized carbons (Fsp3) is 0.438. The van der Waals surface area contributed by atoms with E-state index < -0.39 is 0 Å². The third-order valence-electron chi connectivity index (χ3n) is 3.99. The van der Waals surface area contributed by atoms with Gasteiger partial charge in [0.15, 0.2) is 0 Å². The lowest BCUT2D eigenvalue weighted by Crippen LogP contribution is -2.46. The lowest BCUT2D eigenvalue weighted by atomic mass is 10.1. The van der Waals surface area contributed by atoms with Crippen LogP contribution in [0.15, 0.2) is 35.1 Å². The molecule has 0 unspecified atom stereocenters. The molecule has 1 aromatic heterocycles. The van der Waals surface area contributed by atoms with Crippen LogP contribution >= 0.6 is 0 Å². The molecule has 0 bridgehead atoms. The Labute approximate surface area is 119 Å². The van der Waals surface area contributed by atoms with Crippen molar-refractivity contribution >= 4 is 16.6 Å². The minimum absolute atomic E-state index is 0.0394. The molecule has 1 aliphatic rings. The number of aromatic nitrogens is 1. The molecule has 20 heavy (non-hydrogen) atoms. The average molecular weight is 271 g/mol. The molecule has 1 aliphatic heterocycles. The Morgan fingerprint density at radius 2 is 1.85 bits per heavy atom. The summed E-state index contributed by atoms with van der Waals surface area (Å²) in [6.45, 7) is 7.78. The third-order valence-corrected chi connectivity index (χ3v) is 3.99. The zero-order valence-corrected chi connectivity index (χ0v) is 11.9. The van der Waals surface area contributed by atoms with Gasteiger partial charge in [0.25, 0.3) is 0 Å². The summed E-state index contributed by atoms with van der Waals surface area (Å²) in [7, 11) is 0. The Balaban J connectivity index is 1.79. The van der Waals surface area contributed by atoms with Gasteiger partial charge in [-0.1, -0.05) is 13.0 Å². The number of piperazine rings is 1. The van der Waals surface area contributed by atoms with E-state index in [0.29, 0.717) is 0 Å². The molecular formula is C16H21N3O. The van der Waals surface area contributed by atoms with Crippen molar-refractivity contribution in [3.8, 4) is 0 Å². The molecule has 1 saturated heterocycles. The van der Waals surface area contributed by atoms with Gasteiger partial charge in [0, 0.05) is 37.9 Å². The van der Waals surface area contributed by atoms with Crippen molar-refractivity contribution in [1.29, 1.82) is 0 Å². The van der Waals surface area contributed by atoms with E-state index in [1.165, 1.54) is 18.7 Å². The maximum atomic E-state index is 11.4. The topological polar surface area (TPSA) is 39.3 Å². The van der Waals surface area contributed by atoms with Gasteiger partial charge in [0.1, 0.15) is 0 Å². The molecule has 1 fully saturated rings. The molecule has 0 radical (unpaired) electrons. The van der Waals surface area contributed by atoms with Crippen molar-refractivity contribution in [3.05, 3.63) is 40.7 Å². The van der Waals surface area contributed by atoms with Crippen LogP contribution in [0.25, 0.3) is 10.9 Å². The van der Waals surface area contributed by atoms with Gasteiger partial charge in [-0.15, -0.1) is 0 Å². The summed E-state index contributed by atoms with van der Waals surface area (Å²) in [4.78, 5) is 19.2. The molecule has 1 N–H and O–H groups in total. The summed E-state index contributed by atoms with van der Waals surface area (Å²) in [5, 5.41) is 1.08. The van der Waals surface area contributed by atoms with Crippen LogP contribution in [0.3, 0.4) is 0 Å². The van der Waals surface area contributed by atoms with Crippen LogP contribution in [0.1, 0.15) is 13.3 Å². The molecule has 1 aromatic carbocycles. The zero-order valence-electron chi connectivity index (χ0n) is 11.9. The lowest BCUT2D eigenvalue weighted by Gasteiger charge is -2.36. The van der Waals surface area contributed by atoms with Crippen LogP contribution in [-0.2, 0) is 0 Å². The highest BCUT2D eigenvalue weighted by Gasteiger charge is 2.16. The monoisotopic (exact) mass is 271 g/mol. The summed E-state index contributed by atoms with van der Waals surface area (Å²) < 4.78 is 0. The Bertz CT molecular complexity index is 641. The first-order valence-electron chi connectivity index (χ1n) is 7.36. The smallest absolute Gasteiger partial charge is 0.248 e. The highest BCUT2D eigenvalue weighted by atomic mass is 16.1. The van der Waals surface area contributed by atoms with Crippen LogP contribution in [-0.4, -0.2) is 42.6 Å². The second-order valence-corrected chi connectivity index (χ2v) is 5.42. The van der Waals surface area contributed by atoms with Crippen molar-refractivity contribution in [2.24, 2.45) is 0 Å². The molecule has 0 aliphatic carbocycles. The van der Waals surface area contributed by atoms with Gasteiger partial charge in [-0.2, -0.15) is 0 Å². The number of aromatic amines is 1. The molecule has 0 saturated carbocycles. The minimum atomic E-state index is -0.0394. The van der Waals surface area contributed by atoms with Gasteiger partial charge in [0.2, 0.25) is 5.56 Å². The quantitative estimate of drug-likeness (QED) is 0.929. The zero-order chi connectivity index (χ0) is 13.9. The predicted molar refractivity (Wildman–Crippen MR) is 83.5 cm³/mol. The number of anilines is 1. The molecule has 0 amide bonds. The van der Waals surface area contributed by atoms with Crippen LogP contribution in [0.5, 0.6) is 0 Å². The van der Waals surface area contributed by atoms with Gasteiger partial charge in [-0.25, -0.2) is 0 Å². The standard InChI is InChI=1S/C16H21N3O/c1-2-7-18-8-10-19(11-9-18)14-5-3-13-4-6-16(20)17-15(13)12-14/h3-6,12H,2,7-11H2,1H3,(H,17,20). The van der Waals surface area contributed by atoms with E-state index in [9.17, 15) is 4.79 Å². The van der Waals surface area contributed by atoms with Crippen LogP contribution in [0, 0.1) is 0 Å². The first kappa shape index (κ1) is 13.2. The Morgan fingerprint density at radius 3 is 2.60 bits per heavy atom. The number of nitrogens with one attached hydrogen (secondary N) is 1. The van der Waals surface area contributed by atoms with E-state index in [1.807, 2.05) is 6.07 Å². The summed E-state index contributed by atoms with van der Waals surface area (Å²) in [6.07, 6.45) is 1.22. The van der Waals surface area contributed by atoms with E-state index in [2.05, 4.69) is 39.9 Å². The van der Waals surface area contributed by atoms with E-state index in [-0.39, 0.29) is 5.56 Å². The predicted octanol–water partition coefficient (Wildman–Crippen LogP) is 2.06. The normalized spacial score (nSPS) is 16.8. The molecule has 0 spiro atoms. The molecule has 106 valence electrons. The van der Waals surface area contributed by atoms with Crippen molar-refractivity contribution in [2.45, 2.75) is 13.3 Å². The maximum Gasteiger partial charge on any atom is 0.248 e. The number of pyridine rings is 1. The lowest BCUT2D eigenvalue weighted by molar-refractivity contribution is 0.258. The average Bonchev–Trinajstić information content (AvgIpc) is 2.47. The number of fused-ring (bicyclic) bond motifs is 1. The second-order valence-electron chi connectivity index (χ2n) is 5.42. The number of H-pyrrole nitrogens is 1. The summed E-state index contributed by atoms with van der Waals surface area (Å²) in [5.74, 6) is 0. The Kier molecular flexibility index (Phi) is 3.74. The largest absolute Gasteiger partial charge is 0.369 e. The van der Waals surface area contributed by atoms with Crippen LogP contribution < -0.4 is 10.5 Å². The third kappa shape index (κ3) is 2.70. The van der Waals surface area contributed by atoms with Gasteiger partial charge < -0.3 is 9.88 Å². The van der Waals surface area contributed by atoms with Crippen molar-refractivity contribution in [3.63, 3.8) is 0 Å². The molecule has 2 aromatic rings. The Morgan fingerprint density at radius 1 is 1.10 bits per heavy atom. The van der Waals surface area contributed by atoms with E-state index in [1.54, 1.807) is 6.07 Å². The van der Waals surface area contributed by atoms with Crippen LogP contribution in [0.4, 0.5) is 5.69 Å². The second kappa shape index (κ2) is 5.67. The highest BCUT2D eigenvalue weighted by Crippen LogP contribution is 2.21. The van der Waals surface area contributed by atoms with Crippen molar-refractivity contribution < 1.29 is 0 Å². The molecule has 4 heteroatoms.